The summed E-state index contributed by atoms with van der Waals surface area (Å²) in [6, 6.07) is 5.04. The van der Waals surface area contributed by atoms with Crippen molar-refractivity contribution in [2.45, 2.75) is 51.2 Å². The fourth-order valence-electron chi connectivity index (χ4n) is 3.13. The predicted octanol–water partition coefficient (Wildman–Crippen LogP) is 6.10. The zero-order valence-corrected chi connectivity index (χ0v) is 15.6. The number of hydrogen-bond acceptors (Lipinski definition) is 3. The SMILES string of the molecule is FC(F)Oc1ccc(CCc2c(Cl)cncc2Cl)cc1OC1CCCC1. The lowest BCUT2D eigenvalue weighted by atomic mass is 10.0. The third kappa shape index (κ3) is 4.98. The number of aryl methyl sites for hydroxylation is 1. The first-order valence-corrected chi connectivity index (χ1v) is 9.31. The van der Waals surface area contributed by atoms with E-state index in [9.17, 15) is 8.78 Å². The molecular formula is C19H19Cl2F2NO2. The fourth-order valence-corrected chi connectivity index (χ4v) is 3.68. The summed E-state index contributed by atoms with van der Waals surface area (Å²) in [5, 5.41) is 1.02. The number of rotatable bonds is 7. The summed E-state index contributed by atoms with van der Waals surface area (Å²) in [6.45, 7) is -2.89. The highest BCUT2D eigenvalue weighted by Crippen LogP contribution is 2.34. The lowest BCUT2D eigenvalue weighted by molar-refractivity contribution is -0.0520. The number of alkyl halides is 2. The summed E-state index contributed by atoms with van der Waals surface area (Å²) in [4.78, 5) is 3.94. The van der Waals surface area contributed by atoms with Gasteiger partial charge in [0.1, 0.15) is 0 Å². The van der Waals surface area contributed by atoms with Crippen LogP contribution in [0.15, 0.2) is 30.6 Å². The van der Waals surface area contributed by atoms with E-state index in [2.05, 4.69) is 9.72 Å². The number of pyridine rings is 1. The molecule has 0 aliphatic heterocycles. The first kappa shape index (κ1) is 19.2. The van der Waals surface area contributed by atoms with Crippen LogP contribution in [0.3, 0.4) is 0 Å². The van der Waals surface area contributed by atoms with Crippen molar-refractivity contribution in [3.05, 3.63) is 51.8 Å². The van der Waals surface area contributed by atoms with Gasteiger partial charge in [-0.1, -0.05) is 29.3 Å². The molecule has 1 aromatic heterocycles. The van der Waals surface area contributed by atoms with Gasteiger partial charge in [-0.15, -0.1) is 0 Å². The maximum Gasteiger partial charge on any atom is 0.387 e. The molecule has 3 rings (SSSR count). The van der Waals surface area contributed by atoms with Crippen molar-refractivity contribution in [2.75, 3.05) is 0 Å². The Balaban J connectivity index is 1.76. The van der Waals surface area contributed by atoms with E-state index in [-0.39, 0.29) is 11.9 Å². The van der Waals surface area contributed by atoms with Crippen molar-refractivity contribution in [3.8, 4) is 11.5 Å². The standard InChI is InChI=1S/C19H19Cl2F2NO2/c20-15-10-24-11-16(21)14(15)7-5-12-6-8-17(26-19(22)23)18(9-12)25-13-3-1-2-4-13/h6,8-11,13,19H,1-5,7H2. The lowest BCUT2D eigenvalue weighted by Crippen LogP contribution is -2.13. The minimum atomic E-state index is -2.89. The number of aromatic nitrogens is 1. The summed E-state index contributed by atoms with van der Waals surface area (Å²) in [5.41, 5.74) is 1.75. The molecule has 0 radical (unpaired) electrons. The van der Waals surface area contributed by atoms with Gasteiger partial charge in [0.2, 0.25) is 0 Å². The van der Waals surface area contributed by atoms with E-state index in [1.807, 2.05) is 0 Å². The summed E-state index contributed by atoms with van der Waals surface area (Å²) < 4.78 is 35.8. The summed E-state index contributed by atoms with van der Waals surface area (Å²) >= 11 is 12.3. The van der Waals surface area contributed by atoms with Gasteiger partial charge in [-0.2, -0.15) is 8.78 Å². The van der Waals surface area contributed by atoms with Crippen molar-refractivity contribution in [1.29, 1.82) is 0 Å². The fraction of sp³-hybridized carbons (Fsp3) is 0.421. The number of ether oxygens (including phenoxy) is 2. The zero-order chi connectivity index (χ0) is 18.5. The van der Waals surface area contributed by atoms with E-state index < -0.39 is 6.61 Å². The number of nitrogens with zero attached hydrogens (tertiary/aromatic N) is 1. The molecule has 140 valence electrons. The quantitative estimate of drug-likeness (QED) is 0.561. The molecule has 0 unspecified atom stereocenters. The third-order valence-electron chi connectivity index (χ3n) is 4.44. The molecule has 7 heteroatoms. The Hall–Kier alpha value is -1.59. The minimum Gasteiger partial charge on any atom is -0.487 e. The maximum absolute atomic E-state index is 12.7. The zero-order valence-electron chi connectivity index (χ0n) is 14.1. The highest BCUT2D eigenvalue weighted by molar-refractivity contribution is 6.35. The van der Waals surface area contributed by atoms with Gasteiger partial charge in [0.25, 0.3) is 0 Å². The van der Waals surface area contributed by atoms with Crippen molar-refractivity contribution in [1.82, 2.24) is 4.98 Å². The van der Waals surface area contributed by atoms with E-state index in [1.165, 1.54) is 6.07 Å². The van der Waals surface area contributed by atoms with Crippen LogP contribution in [0, 0.1) is 0 Å². The smallest absolute Gasteiger partial charge is 0.387 e. The molecule has 0 amide bonds. The maximum atomic E-state index is 12.7. The summed E-state index contributed by atoms with van der Waals surface area (Å²) in [6.07, 6.45) is 8.45. The molecule has 0 saturated heterocycles. The van der Waals surface area contributed by atoms with Crippen LogP contribution in [0.4, 0.5) is 8.78 Å². The van der Waals surface area contributed by atoms with Crippen LogP contribution in [0.25, 0.3) is 0 Å². The van der Waals surface area contributed by atoms with Crippen molar-refractivity contribution >= 4 is 23.2 Å². The number of benzene rings is 1. The van der Waals surface area contributed by atoms with Crippen LogP contribution in [0.5, 0.6) is 11.5 Å². The molecule has 0 bridgehead atoms. The molecule has 0 N–H and O–H groups in total. The van der Waals surface area contributed by atoms with Gasteiger partial charge >= 0.3 is 6.61 Å². The molecule has 1 aromatic carbocycles. The molecule has 1 aliphatic rings. The Morgan fingerprint density at radius 2 is 1.73 bits per heavy atom. The van der Waals surface area contributed by atoms with E-state index in [1.54, 1.807) is 24.5 Å². The monoisotopic (exact) mass is 401 g/mol. The molecule has 26 heavy (non-hydrogen) atoms. The number of halogens is 4. The molecule has 2 aromatic rings. The molecule has 1 aliphatic carbocycles. The summed E-state index contributed by atoms with van der Waals surface area (Å²) in [5.74, 6) is 0.428. The van der Waals surface area contributed by atoms with E-state index in [4.69, 9.17) is 27.9 Å². The normalized spacial score (nSPS) is 14.8. The topological polar surface area (TPSA) is 31.4 Å². The van der Waals surface area contributed by atoms with E-state index in [0.717, 1.165) is 36.8 Å². The predicted molar refractivity (Wildman–Crippen MR) is 97.6 cm³/mol. The van der Waals surface area contributed by atoms with Crippen LogP contribution in [-0.4, -0.2) is 17.7 Å². The molecule has 0 atom stereocenters. The Morgan fingerprint density at radius 1 is 1.04 bits per heavy atom. The van der Waals surface area contributed by atoms with Gasteiger partial charge in [-0.05, 0) is 61.8 Å². The van der Waals surface area contributed by atoms with Gasteiger partial charge < -0.3 is 9.47 Å². The van der Waals surface area contributed by atoms with E-state index >= 15 is 0 Å². The largest absolute Gasteiger partial charge is 0.487 e. The molecule has 1 heterocycles. The van der Waals surface area contributed by atoms with Crippen LogP contribution in [0.2, 0.25) is 10.0 Å². The first-order valence-electron chi connectivity index (χ1n) is 8.55. The van der Waals surface area contributed by atoms with Crippen LogP contribution < -0.4 is 9.47 Å². The molecular weight excluding hydrogens is 383 g/mol. The Labute approximate surface area is 161 Å². The van der Waals surface area contributed by atoms with Gasteiger partial charge in [0, 0.05) is 12.4 Å². The van der Waals surface area contributed by atoms with Gasteiger partial charge in [-0.3, -0.25) is 4.98 Å². The van der Waals surface area contributed by atoms with E-state index in [0.29, 0.717) is 28.6 Å². The second-order valence-electron chi connectivity index (χ2n) is 6.27. The van der Waals surface area contributed by atoms with Gasteiger partial charge in [0.15, 0.2) is 11.5 Å². The molecule has 3 nitrogen and oxygen atoms in total. The average molecular weight is 402 g/mol. The average Bonchev–Trinajstić information content (AvgIpc) is 3.09. The van der Waals surface area contributed by atoms with Crippen LogP contribution in [-0.2, 0) is 12.8 Å². The van der Waals surface area contributed by atoms with Gasteiger partial charge in [0.05, 0.1) is 16.1 Å². The minimum absolute atomic E-state index is 0.0503. The lowest BCUT2D eigenvalue weighted by Gasteiger charge is -2.18. The molecule has 0 spiro atoms. The first-order chi connectivity index (χ1) is 12.5. The van der Waals surface area contributed by atoms with Gasteiger partial charge in [-0.25, -0.2) is 0 Å². The Kier molecular flexibility index (Phi) is 6.54. The molecule has 1 saturated carbocycles. The second-order valence-corrected chi connectivity index (χ2v) is 7.08. The van der Waals surface area contributed by atoms with Crippen molar-refractivity contribution in [2.24, 2.45) is 0 Å². The van der Waals surface area contributed by atoms with Crippen molar-refractivity contribution < 1.29 is 18.3 Å². The number of hydrogen-bond donors (Lipinski definition) is 0. The highest BCUT2D eigenvalue weighted by atomic mass is 35.5. The third-order valence-corrected chi connectivity index (χ3v) is 5.09. The Morgan fingerprint density at radius 3 is 2.38 bits per heavy atom. The molecule has 1 fully saturated rings. The summed E-state index contributed by atoms with van der Waals surface area (Å²) in [7, 11) is 0. The van der Waals surface area contributed by atoms with Crippen LogP contribution in [0.1, 0.15) is 36.8 Å². The second kappa shape index (κ2) is 8.87. The highest BCUT2D eigenvalue weighted by Gasteiger charge is 2.20. The Bertz CT molecular complexity index is 732. The van der Waals surface area contributed by atoms with Crippen LogP contribution >= 0.6 is 23.2 Å². The van der Waals surface area contributed by atoms with Crippen molar-refractivity contribution in [3.63, 3.8) is 0 Å².